The van der Waals surface area contributed by atoms with Crippen LogP contribution in [0.15, 0.2) is 0 Å². The van der Waals surface area contributed by atoms with E-state index in [1.165, 1.54) is 57.9 Å². The highest BCUT2D eigenvalue weighted by Crippen LogP contribution is 2.28. The fourth-order valence-electron chi connectivity index (χ4n) is 2.92. The van der Waals surface area contributed by atoms with Crippen molar-refractivity contribution in [3.63, 3.8) is 0 Å². The maximum Gasteiger partial charge on any atom is 0.0576 e. The summed E-state index contributed by atoms with van der Waals surface area (Å²) in [6.45, 7) is 4.55. The van der Waals surface area contributed by atoms with Gasteiger partial charge in [-0.1, -0.05) is 12.8 Å². The van der Waals surface area contributed by atoms with Crippen LogP contribution in [0.5, 0.6) is 0 Å². The molecule has 0 aromatic rings. The first kappa shape index (κ1) is 11.4. The SMILES string of the molecule is CC1(NCCCC2CCCO2)CCCC1. The Kier molecular flexibility index (Phi) is 4.04. The van der Waals surface area contributed by atoms with Gasteiger partial charge in [-0.15, -0.1) is 0 Å². The average Bonchev–Trinajstić information content (AvgIpc) is 2.84. The number of rotatable bonds is 5. The van der Waals surface area contributed by atoms with Crippen LogP contribution in [0.4, 0.5) is 0 Å². The molecule has 0 radical (unpaired) electrons. The fraction of sp³-hybridized carbons (Fsp3) is 1.00. The summed E-state index contributed by atoms with van der Waals surface area (Å²) in [5.41, 5.74) is 0.455. The lowest BCUT2D eigenvalue weighted by molar-refractivity contribution is 0.102. The molecule has 2 nitrogen and oxygen atoms in total. The molecule has 1 N–H and O–H groups in total. The molecule has 0 aromatic heterocycles. The molecule has 2 heteroatoms. The van der Waals surface area contributed by atoms with E-state index >= 15 is 0 Å². The molecule has 1 heterocycles. The molecule has 0 spiro atoms. The van der Waals surface area contributed by atoms with Crippen molar-refractivity contribution < 1.29 is 4.74 Å². The molecule has 1 unspecified atom stereocenters. The number of hydrogen-bond acceptors (Lipinski definition) is 2. The zero-order valence-electron chi connectivity index (χ0n) is 10.1. The molecular weight excluding hydrogens is 186 g/mol. The molecule has 1 aliphatic carbocycles. The van der Waals surface area contributed by atoms with Gasteiger partial charge in [-0.25, -0.2) is 0 Å². The van der Waals surface area contributed by atoms with Crippen molar-refractivity contribution in [1.29, 1.82) is 0 Å². The highest BCUT2D eigenvalue weighted by Gasteiger charge is 2.27. The number of nitrogens with one attached hydrogen (secondary N) is 1. The van der Waals surface area contributed by atoms with Crippen LogP contribution in [-0.4, -0.2) is 24.8 Å². The third kappa shape index (κ3) is 3.46. The van der Waals surface area contributed by atoms with Crippen molar-refractivity contribution in [3.05, 3.63) is 0 Å². The van der Waals surface area contributed by atoms with Gasteiger partial charge in [0, 0.05) is 12.1 Å². The normalized spacial score (nSPS) is 29.8. The standard InChI is InChI=1S/C13H25NO/c1-13(8-2-3-9-13)14-10-4-6-12-7-5-11-15-12/h12,14H,2-11H2,1H3. The van der Waals surface area contributed by atoms with E-state index in [0.29, 0.717) is 11.6 Å². The van der Waals surface area contributed by atoms with Crippen molar-refractivity contribution in [3.8, 4) is 0 Å². The number of hydrogen-bond donors (Lipinski definition) is 1. The Bertz CT molecular complexity index is 181. The second-order valence-corrected chi connectivity index (χ2v) is 5.47. The van der Waals surface area contributed by atoms with Gasteiger partial charge in [0.15, 0.2) is 0 Å². The van der Waals surface area contributed by atoms with Gasteiger partial charge < -0.3 is 10.1 Å². The third-order valence-electron chi connectivity index (χ3n) is 3.99. The molecule has 2 aliphatic rings. The minimum Gasteiger partial charge on any atom is -0.378 e. The molecule has 2 rings (SSSR count). The molecule has 1 aliphatic heterocycles. The highest BCUT2D eigenvalue weighted by atomic mass is 16.5. The van der Waals surface area contributed by atoms with Crippen molar-refractivity contribution in [2.45, 2.75) is 69.9 Å². The molecule has 1 atom stereocenters. The Morgan fingerprint density at radius 2 is 2.07 bits per heavy atom. The van der Waals surface area contributed by atoms with Crippen LogP contribution in [0.3, 0.4) is 0 Å². The molecular formula is C13H25NO. The minimum atomic E-state index is 0.455. The van der Waals surface area contributed by atoms with Crippen LogP contribution in [0.2, 0.25) is 0 Å². The second kappa shape index (κ2) is 5.31. The van der Waals surface area contributed by atoms with E-state index in [9.17, 15) is 0 Å². The summed E-state index contributed by atoms with van der Waals surface area (Å²) in [7, 11) is 0. The van der Waals surface area contributed by atoms with Crippen LogP contribution in [0.1, 0.15) is 58.3 Å². The summed E-state index contributed by atoms with van der Waals surface area (Å²) < 4.78 is 5.62. The molecule has 1 saturated carbocycles. The first-order valence-corrected chi connectivity index (χ1v) is 6.65. The lowest BCUT2D eigenvalue weighted by Gasteiger charge is -2.25. The van der Waals surface area contributed by atoms with Gasteiger partial charge in [-0.3, -0.25) is 0 Å². The van der Waals surface area contributed by atoms with E-state index < -0.39 is 0 Å². The molecule has 0 bridgehead atoms. The van der Waals surface area contributed by atoms with Crippen molar-refractivity contribution >= 4 is 0 Å². The Balaban J connectivity index is 1.54. The Hall–Kier alpha value is -0.0800. The van der Waals surface area contributed by atoms with E-state index in [4.69, 9.17) is 4.74 Å². The van der Waals surface area contributed by atoms with Gasteiger partial charge in [0.05, 0.1) is 6.10 Å². The smallest absolute Gasteiger partial charge is 0.0576 e. The molecule has 1 saturated heterocycles. The predicted octanol–water partition coefficient (Wildman–Crippen LogP) is 2.87. The molecule has 0 aromatic carbocycles. The van der Waals surface area contributed by atoms with Gasteiger partial charge in [0.25, 0.3) is 0 Å². The van der Waals surface area contributed by atoms with E-state index in [0.717, 1.165) is 6.61 Å². The number of ether oxygens (including phenoxy) is 1. The first-order chi connectivity index (χ1) is 7.29. The summed E-state index contributed by atoms with van der Waals surface area (Å²) >= 11 is 0. The monoisotopic (exact) mass is 211 g/mol. The van der Waals surface area contributed by atoms with Crippen LogP contribution in [-0.2, 0) is 4.74 Å². The van der Waals surface area contributed by atoms with Gasteiger partial charge >= 0.3 is 0 Å². The topological polar surface area (TPSA) is 21.3 Å². The molecule has 15 heavy (non-hydrogen) atoms. The summed E-state index contributed by atoms with van der Waals surface area (Å²) in [5.74, 6) is 0. The van der Waals surface area contributed by atoms with Gasteiger partial charge in [-0.2, -0.15) is 0 Å². The largest absolute Gasteiger partial charge is 0.378 e. The summed E-state index contributed by atoms with van der Waals surface area (Å²) in [5, 5.41) is 3.73. The van der Waals surface area contributed by atoms with Gasteiger partial charge in [0.1, 0.15) is 0 Å². The molecule has 88 valence electrons. The second-order valence-electron chi connectivity index (χ2n) is 5.47. The summed E-state index contributed by atoms with van der Waals surface area (Å²) in [6.07, 6.45) is 11.2. The van der Waals surface area contributed by atoms with Gasteiger partial charge in [0.2, 0.25) is 0 Å². The minimum absolute atomic E-state index is 0.455. The van der Waals surface area contributed by atoms with E-state index in [1.807, 2.05) is 0 Å². The van der Waals surface area contributed by atoms with E-state index in [-0.39, 0.29) is 0 Å². The van der Waals surface area contributed by atoms with Crippen LogP contribution < -0.4 is 5.32 Å². The van der Waals surface area contributed by atoms with E-state index in [2.05, 4.69) is 12.2 Å². The van der Waals surface area contributed by atoms with Crippen LogP contribution in [0.25, 0.3) is 0 Å². The Morgan fingerprint density at radius 3 is 2.73 bits per heavy atom. The van der Waals surface area contributed by atoms with Crippen LogP contribution >= 0.6 is 0 Å². The lowest BCUT2D eigenvalue weighted by Crippen LogP contribution is -2.40. The van der Waals surface area contributed by atoms with Crippen molar-refractivity contribution in [2.24, 2.45) is 0 Å². The summed E-state index contributed by atoms with van der Waals surface area (Å²) in [6, 6.07) is 0. The molecule has 2 fully saturated rings. The highest BCUT2D eigenvalue weighted by molar-refractivity contribution is 4.87. The van der Waals surface area contributed by atoms with Crippen molar-refractivity contribution in [2.75, 3.05) is 13.2 Å². The zero-order chi connectivity index (χ0) is 10.6. The Labute approximate surface area is 93.8 Å². The third-order valence-corrected chi connectivity index (χ3v) is 3.99. The zero-order valence-corrected chi connectivity index (χ0v) is 10.1. The van der Waals surface area contributed by atoms with Crippen molar-refractivity contribution in [1.82, 2.24) is 5.32 Å². The maximum absolute atomic E-state index is 5.62. The van der Waals surface area contributed by atoms with Gasteiger partial charge in [-0.05, 0) is 52.0 Å². The first-order valence-electron chi connectivity index (χ1n) is 6.65. The quantitative estimate of drug-likeness (QED) is 0.706. The van der Waals surface area contributed by atoms with Crippen LogP contribution in [0, 0.1) is 0 Å². The Morgan fingerprint density at radius 1 is 1.27 bits per heavy atom. The fourth-order valence-corrected chi connectivity index (χ4v) is 2.92. The van der Waals surface area contributed by atoms with E-state index in [1.54, 1.807) is 0 Å². The lowest BCUT2D eigenvalue weighted by atomic mass is 10.0. The molecule has 0 amide bonds. The summed E-state index contributed by atoms with van der Waals surface area (Å²) in [4.78, 5) is 0. The predicted molar refractivity (Wildman–Crippen MR) is 63.1 cm³/mol. The average molecular weight is 211 g/mol. The maximum atomic E-state index is 5.62.